The molecule has 0 unspecified atom stereocenters. The summed E-state index contributed by atoms with van der Waals surface area (Å²) < 4.78 is 5.54. The van der Waals surface area contributed by atoms with Crippen LogP contribution in [0.5, 0.6) is 5.75 Å². The van der Waals surface area contributed by atoms with Crippen LogP contribution in [0.15, 0.2) is 60.7 Å². The minimum atomic E-state index is -0.269. The zero-order valence-corrected chi connectivity index (χ0v) is 17.5. The molecule has 5 nitrogen and oxygen atoms in total. The number of carbonyl (C=O) groups is 2. The third kappa shape index (κ3) is 4.89. The van der Waals surface area contributed by atoms with Gasteiger partial charge < -0.3 is 15.4 Å². The molecule has 0 atom stereocenters. The molecule has 0 saturated carbocycles. The smallest absolute Gasteiger partial charge is 0.262 e. The van der Waals surface area contributed by atoms with E-state index >= 15 is 0 Å². The fourth-order valence-electron chi connectivity index (χ4n) is 3.59. The highest BCUT2D eigenvalue weighted by Gasteiger charge is 2.26. The van der Waals surface area contributed by atoms with Crippen molar-refractivity contribution in [1.29, 1.82) is 0 Å². The Labute approximate surface area is 180 Å². The molecule has 2 amide bonds. The van der Waals surface area contributed by atoms with Crippen LogP contribution in [0.4, 0.5) is 5.00 Å². The van der Waals surface area contributed by atoms with E-state index in [9.17, 15) is 9.59 Å². The Morgan fingerprint density at radius 2 is 1.63 bits per heavy atom. The van der Waals surface area contributed by atoms with Gasteiger partial charge in [0.25, 0.3) is 11.8 Å². The molecule has 2 aromatic carbocycles. The first-order valence-corrected chi connectivity index (χ1v) is 11.0. The molecule has 0 aliphatic heterocycles. The van der Waals surface area contributed by atoms with Crippen molar-refractivity contribution in [3.05, 3.63) is 82.2 Å². The number of hydrogen-bond donors (Lipinski definition) is 2. The van der Waals surface area contributed by atoms with E-state index in [4.69, 9.17) is 4.74 Å². The zero-order valence-electron chi connectivity index (χ0n) is 16.6. The lowest BCUT2D eigenvalue weighted by molar-refractivity contribution is -0.118. The highest BCUT2D eigenvalue weighted by Crippen LogP contribution is 2.38. The van der Waals surface area contributed by atoms with Gasteiger partial charge in [-0.05, 0) is 48.9 Å². The molecule has 0 spiro atoms. The normalized spacial score (nSPS) is 12.7. The van der Waals surface area contributed by atoms with E-state index in [1.165, 1.54) is 16.2 Å². The van der Waals surface area contributed by atoms with Gasteiger partial charge in [-0.2, -0.15) is 0 Å². The van der Waals surface area contributed by atoms with Crippen LogP contribution in [0.25, 0.3) is 0 Å². The molecule has 1 aromatic heterocycles. The van der Waals surface area contributed by atoms with Gasteiger partial charge in [-0.25, -0.2) is 0 Å². The van der Waals surface area contributed by atoms with Crippen molar-refractivity contribution in [2.24, 2.45) is 0 Å². The van der Waals surface area contributed by atoms with E-state index in [2.05, 4.69) is 10.6 Å². The summed E-state index contributed by atoms with van der Waals surface area (Å²) in [4.78, 5) is 26.7. The second-order valence-electron chi connectivity index (χ2n) is 7.23. The van der Waals surface area contributed by atoms with Gasteiger partial charge in [0.05, 0.1) is 5.56 Å². The van der Waals surface area contributed by atoms with Crippen LogP contribution in [0.2, 0.25) is 0 Å². The first-order chi connectivity index (χ1) is 14.7. The monoisotopic (exact) mass is 420 g/mol. The van der Waals surface area contributed by atoms with Crippen LogP contribution in [0, 0.1) is 0 Å². The number of fused-ring (bicyclic) bond motifs is 1. The summed E-state index contributed by atoms with van der Waals surface area (Å²) >= 11 is 1.51. The molecule has 3 aromatic rings. The number of hydrogen-bond acceptors (Lipinski definition) is 4. The van der Waals surface area contributed by atoms with Gasteiger partial charge in [-0.15, -0.1) is 11.3 Å². The molecule has 4 rings (SSSR count). The molecule has 0 fully saturated rings. The van der Waals surface area contributed by atoms with Gasteiger partial charge in [0.2, 0.25) is 0 Å². The van der Waals surface area contributed by atoms with Crippen molar-refractivity contribution in [1.82, 2.24) is 5.32 Å². The number of anilines is 1. The quantitative estimate of drug-likeness (QED) is 0.588. The molecule has 1 heterocycles. The summed E-state index contributed by atoms with van der Waals surface area (Å²) in [5, 5.41) is 6.54. The second-order valence-corrected chi connectivity index (χ2v) is 8.34. The molecular formula is C24H24N2O3S. The van der Waals surface area contributed by atoms with Crippen molar-refractivity contribution in [2.75, 3.05) is 11.9 Å². The number of amides is 2. The summed E-state index contributed by atoms with van der Waals surface area (Å²) in [6.45, 7) is 0.354. The maximum Gasteiger partial charge on any atom is 0.262 e. The van der Waals surface area contributed by atoms with Crippen LogP contribution in [-0.4, -0.2) is 18.4 Å². The number of benzene rings is 2. The van der Waals surface area contributed by atoms with Crippen LogP contribution in [-0.2, 0) is 24.2 Å². The van der Waals surface area contributed by atoms with Gasteiger partial charge in [-0.1, -0.05) is 48.5 Å². The lowest BCUT2D eigenvalue weighted by Gasteiger charge is -2.13. The largest absolute Gasteiger partial charge is 0.484 e. The fourth-order valence-corrected chi connectivity index (χ4v) is 4.89. The number of aryl methyl sites for hydroxylation is 1. The zero-order chi connectivity index (χ0) is 20.8. The third-order valence-electron chi connectivity index (χ3n) is 5.06. The molecule has 0 radical (unpaired) electrons. The van der Waals surface area contributed by atoms with Gasteiger partial charge in [0, 0.05) is 11.4 Å². The molecule has 1 aliphatic carbocycles. The maximum atomic E-state index is 13.0. The van der Waals surface area contributed by atoms with Crippen molar-refractivity contribution >= 4 is 28.2 Å². The third-order valence-corrected chi connectivity index (χ3v) is 6.27. The number of para-hydroxylation sites is 1. The SMILES string of the molecule is O=C(COc1ccccc1)Nc1sc2c(c1C(=O)NCc1ccccc1)CCCC2. The molecule has 1 aliphatic rings. The van der Waals surface area contributed by atoms with Crippen LogP contribution < -0.4 is 15.4 Å². The van der Waals surface area contributed by atoms with Gasteiger partial charge in [-0.3, -0.25) is 9.59 Å². The summed E-state index contributed by atoms with van der Waals surface area (Å²) in [5.41, 5.74) is 2.73. The minimum Gasteiger partial charge on any atom is -0.484 e. The predicted molar refractivity (Wildman–Crippen MR) is 119 cm³/mol. The van der Waals surface area contributed by atoms with Gasteiger partial charge >= 0.3 is 0 Å². The lowest BCUT2D eigenvalue weighted by atomic mass is 9.95. The van der Waals surface area contributed by atoms with E-state index in [1.54, 1.807) is 12.1 Å². The van der Waals surface area contributed by atoms with Crippen molar-refractivity contribution in [3.63, 3.8) is 0 Å². The number of carbonyl (C=O) groups excluding carboxylic acids is 2. The molecule has 30 heavy (non-hydrogen) atoms. The van der Waals surface area contributed by atoms with Crippen LogP contribution in [0.3, 0.4) is 0 Å². The molecule has 6 heteroatoms. The molecule has 0 saturated heterocycles. The minimum absolute atomic E-state index is 0.0995. The molecule has 2 N–H and O–H groups in total. The van der Waals surface area contributed by atoms with E-state index < -0.39 is 0 Å². The van der Waals surface area contributed by atoms with E-state index in [-0.39, 0.29) is 18.4 Å². The summed E-state index contributed by atoms with van der Waals surface area (Å²) in [6, 6.07) is 19.0. The highest BCUT2D eigenvalue weighted by molar-refractivity contribution is 7.17. The first-order valence-electron chi connectivity index (χ1n) is 10.1. The van der Waals surface area contributed by atoms with E-state index in [1.807, 2.05) is 48.5 Å². The van der Waals surface area contributed by atoms with Crippen LogP contribution >= 0.6 is 11.3 Å². The Balaban J connectivity index is 1.47. The summed E-state index contributed by atoms with van der Waals surface area (Å²) in [5.74, 6) is 0.228. The van der Waals surface area contributed by atoms with Crippen molar-refractivity contribution < 1.29 is 14.3 Å². The standard InChI is InChI=1S/C24H24N2O3S/c27-21(16-29-18-11-5-2-6-12-18)26-24-22(19-13-7-8-14-20(19)30-24)23(28)25-15-17-9-3-1-4-10-17/h1-6,9-12H,7-8,13-16H2,(H,25,28)(H,26,27). The molecule has 0 bridgehead atoms. The van der Waals surface area contributed by atoms with Crippen molar-refractivity contribution in [3.8, 4) is 5.75 Å². The van der Waals surface area contributed by atoms with E-state index in [0.717, 1.165) is 36.8 Å². The topological polar surface area (TPSA) is 67.4 Å². The average Bonchev–Trinajstić information content (AvgIpc) is 3.15. The summed E-state index contributed by atoms with van der Waals surface area (Å²) in [7, 11) is 0. The Morgan fingerprint density at radius 1 is 0.933 bits per heavy atom. The summed E-state index contributed by atoms with van der Waals surface area (Å²) in [6.07, 6.45) is 4.00. The number of thiophene rings is 1. The van der Waals surface area contributed by atoms with Gasteiger partial charge in [0.15, 0.2) is 6.61 Å². The first kappa shape index (κ1) is 20.2. The Hall–Kier alpha value is -3.12. The Morgan fingerprint density at radius 3 is 2.40 bits per heavy atom. The maximum absolute atomic E-state index is 13.0. The average molecular weight is 421 g/mol. The van der Waals surface area contributed by atoms with Gasteiger partial charge in [0.1, 0.15) is 10.8 Å². The fraction of sp³-hybridized carbons (Fsp3) is 0.250. The predicted octanol–water partition coefficient (Wildman–Crippen LogP) is 4.57. The van der Waals surface area contributed by atoms with E-state index in [0.29, 0.717) is 22.9 Å². The second kappa shape index (κ2) is 9.59. The highest BCUT2D eigenvalue weighted by atomic mass is 32.1. The molecular weight excluding hydrogens is 396 g/mol. The number of ether oxygens (including phenoxy) is 1. The number of nitrogens with one attached hydrogen (secondary N) is 2. The van der Waals surface area contributed by atoms with Crippen molar-refractivity contribution in [2.45, 2.75) is 32.2 Å². The van der Waals surface area contributed by atoms with Crippen LogP contribution in [0.1, 0.15) is 39.2 Å². The number of rotatable bonds is 7. The lowest BCUT2D eigenvalue weighted by Crippen LogP contribution is -2.26. The molecule has 154 valence electrons. The Bertz CT molecular complexity index is 1020. The Kier molecular flexibility index (Phi) is 6.44.